The van der Waals surface area contributed by atoms with Crippen molar-refractivity contribution in [3.8, 4) is 0 Å². The van der Waals surface area contributed by atoms with E-state index in [2.05, 4.69) is 10.6 Å². The topological polar surface area (TPSA) is 78.4 Å². The SMILES string of the molecule is O=C(NCCCF)Nc1ccc(Cl)cc1C(=O)O. The summed E-state index contributed by atoms with van der Waals surface area (Å²) in [6.45, 7) is -0.347. The van der Waals surface area contributed by atoms with Gasteiger partial charge in [0.25, 0.3) is 0 Å². The molecule has 0 saturated heterocycles. The average Bonchev–Trinajstić information content (AvgIpc) is 2.31. The van der Waals surface area contributed by atoms with E-state index in [0.29, 0.717) is 0 Å². The Morgan fingerprint density at radius 3 is 2.72 bits per heavy atom. The van der Waals surface area contributed by atoms with E-state index < -0.39 is 18.7 Å². The molecule has 3 N–H and O–H groups in total. The Morgan fingerprint density at radius 1 is 1.39 bits per heavy atom. The first-order valence-corrected chi connectivity index (χ1v) is 5.56. The first kappa shape index (κ1) is 14.2. The third-order valence-corrected chi connectivity index (χ3v) is 2.29. The smallest absolute Gasteiger partial charge is 0.337 e. The maximum atomic E-state index is 11.8. The second-order valence-corrected chi connectivity index (χ2v) is 3.85. The maximum Gasteiger partial charge on any atom is 0.337 e. The van der Waals surface area contributed by atoms with Gasteiger partial charge in [-0.2, -0.15) is 0 Å². The first-order valence-electron chi connectivity index (χ1n) is 5.18. The van der Waals surface area contributed by atoms with Crippen molar-refractivity contribution in [2.24, 2.45) is 0 Å². The molecule has 5 nitrogen and oxygen atoms in total. The summed E-state index contributed by atoms with van der Waals surface area (Å²) in [5.41, 5.74) is 0.0211. The zero-order chi connectivity index (χ0) is 13.5. The van der Waals surface area contributed by atoms with Crippen molar-refractivity contribution in [3.05, 3.63) is 28.8 Å². The number of hydrogen-bond donors (Lipinski definition) is 3. The van der Waals surface area contributed by atoms with Crippen molar-refractivity contribution in [2.75, 3.05) is 18.5 Å². The van der Waals surface area contributed by atoms with Gasteiger partial charge in [0.05, 0.1) is 17.9 Å². The molecule has 7 heteroatoms. The summed E-state index contributed by atoms with van der Waals surface area (Å²) in [5, 5.41) is 14.0. The zero-order valence-corrected chi connectivity index (χ0v) is 10.1. The highest BCUT2D eigenvalue weighted by Gasteiger charge is 2.12. The molecule has 0 unspecified atom stereocenters. The molecule has 0 atom stereocenters. The molecular formula is C11H12ClFN2O3. The van der Waals surface area contributed by atoms with Gasteiger partial charge in [0.1, 0.15) is 0 Å². The standard InChI is InChI=1S/C11H12ClFN2O3/c12-7-2-3-9(8(6-7)10(16)17)15-11(18)14-5-1-4-13/h2-3,6H,1,4-5H2,(H,16,17)(H2,14,15,18). The number of amides is 2. The lowest BCUT2D eigenvalue weighted by molar-refractivity contribution is 0.0698. The number of benzene rings is 1. The van der Waals surface area contributed by atoms with Crippen LogP contribution < -0.4 is 10.6 Å². The van der Waals surface area contributed by atoms with E-state index in [0.717, 1.165) is 0 Å². The zero-order valence-electron chi connectivity index (χ0n) is 9.37. The van der Waals surface area contributed by atoms with Crippen LogP contribution in [0.3, 0.4) is 0 Å². The predicted octanol–water partition coefficient (Wildman–Crippen LogP) is 2.52. The molecule has 0 fully saturated rings. The van der Waals surface area contributed by atoms with E-state index in [4.69, 9.17) is 16.7 Å². The number of alkyl halides is 1. The molecule has 0 aliphatic heterocycles. The molecule has 2 amide bonds. The quantitative estimate of drug-likeness (QED) is 0.722. The van der Waals surface area contributed by atoms with Gasteiger partial charge < -0.3 is 15.7 Å². The Labute approximate surface area is 108 Å². The number of carboxylic acid groups (broad SMARTS) is 1. The fourth-order valence-electron chi connectivity index (χ4n) is 1.24. The average molecular weight is 275 g/mol. The molecule has 0 heterocycles. The van der Waals surface area contributed by atoms with Gasteiger partial charge in [-0.05, 0) is 24.6 Å². The molecule has 98 valence electrons. The number of nitrogens with one attached hydrogen (secondary N) is 2. The van der Waals surface area contributed by atoms with E-state index in [1.165, 1.54) is 18.2 Å². The first-order chi connectivity index (χ1) is 8.54. The van der Waals surface area contributed by atoms with Gasteiger partial charge in [-0.25, -0.2) is 9.59 Å². The van der Waals surface area contributed by atoms with Gasteiger partial charge in [-0.1, -0.05) is 11.6 Å². The molecule has 0 aliphatic rings. The number of halogens is 2. The number of aromatic carboxylic acids is 1. The van der Waals surface area contributed by atoms with Gasteiger partial charge in [0.15, 0.2) is 0 Å². The number of urea groups is 1. The van der Waals surface area contributed by atoms with E-state index in [9.17, 15) is 14.0 Å². The van der Waals surface area contributed by atoms with E-state index >= 15 is 0 Å². The highest BCUT2D eigenvalue weighted by Crippen LogP contribution is 2.20. The number of carboxylic acids is 1. The predicted molar refractivity (Wildman–Crippen MR) is 66.0 cm³/mol. The number of anilines is 1. The molecule has 0 bridgehead atoms. The van der Waals surface area contributed by atoms with Gasteiger partial charge >= 0.3 is 12.0 Å². The van der Waals surface area contributed by atoms with Gasteiger partial charge in [0.2, 0.25) is 0 Å². The second-order valence-electron chi connectivity index (χ2n) is 3.42. The molecule has 0 radical (unpaired) electrons. The lowest BCUT2D eigenvalue weighted by Gasteiger charge is -2.09. The van der Waals surface area contributed by atoms with Crippen LogP contribution in [0.4, 0.5) is 14.9 Å². The molecule has 0 saturated carbocycles. The summed E-state index contributed by atoms with van der Waals surface area (Å²) in [5.74, 6) is -1.20. The molecule has 1 aromatic rings. The summed E-state index contributed by atoms with van der Waals surface area (Å²) >= 11 is 5.67. The molecular weight excluding hydrogens is 263 g/mol. The summed E-state index contributed by atoms with van der Waals surface area (Å²) in [6, 6.07) is 3.50. The number of carbonyl (C=O) groups is 2. The molecule has 1 aromatic carbocycles. The van der Waals surface area contributed by atoms with Crippen LogP contribution in [0.15, 0.2) is 18.2 Å². The van der Waals surface area contributed by atoms with Crippen LogP contribution in [-0.2, 0) is 0 Å². The molecule has 1 rings (SSSR count). The largest absolute Gasteiger partial charge is 0.478 e. The van der Waals surface area contributed by atoms with Crippen LogP contribution >= 0.6 is 11.6 Å². The fraction of sp³-hybridized carbons (Fsp3) is 0.273. The Balaban J connectivity index is 2.72. The number of rotatable bonds is 5. The van der Waals surface area contributed by atoms with Crippen LogP contribution in [0.5, 0.6) is 0 Å². The monoisotopic (exact) mass is 274 g/mol. The minimum atomic E-state index is -1.20. The summed E-state index contributed by atoms with van der Waals surface area (Å²) in [6.07, 6.45) is 0.208. The van der Waals surface area contributed by atoms with Crippen molar-refractivity contribution in [1.82, 2.24) is 5.32 Å². The third kappa shape index (κ3) is 4.21. The molecule has 18 heavy (non-hydrogen) atoms. The minimum Gasteiger partial charge on any atom is -0.478 e. The third-order valence-electron chi connectivity index (χ3n) is 2.06. The van der Waals surface area contributed by atoms with Crippen molar-refractivity contribution in [3.63, 3.8) is 0 Å². The van der Waals surface area contributed by atoms with Crippen LogP contribution in [-0.4, -0.2) is 30.3 Å². The second kappa shape index (κ2) is 6.80. The lowest BCUT2D eigenvalue weighted by atomic mass is 10.2. The van der Waals surface area contributed by atoms with E-state index in [-0.39, 0.29) is 29.2 Å². The summed E-state index contributed by atoms with van der Waals surface area (Å²) in [4.78, 5) is 22.3. The minimum absolute atomic E-state index is 0.108. The highest BCUT2D eigenvalue weighted by molar-refractivity contribution is 6.31. The number of carbonyl (C=O) groups excluding carboxylic acids is 1. The van der Waals surface area contributed by atoms with E-state index in [1.807, 2.05) is 0 Å². The van der Waals surface area contributed by atoms with Crippen LogP contribution in [0.2, 0.25) is 5.02 Å². The van der Waals surface area contributed by atoms with Gasteiger partial charge in [-0.15, -0.1) is 0 Å². The van der Waals surface area contributed by atoms with Crippen molar-refractivity contribution in [2.45, 2.75) is 6.42 Å². The molecule has 0 aromatic heterocycles. The summed E-state index contributed by atoms with van der Waals surface area (Å²) in [7, 11) is 0. The van der Waals surface area contributed by atoms with Crippen molar-refractivity contribution >= 4 is 29.3 Å². The fourth-order valence-corrected chi connectivity index (χ4v) is 1.41. The van der Waals surface area contributed by atoms with Crippen molar-refractivity contribution < 1.29 is 19.1 Å². The van der Waals surface area contributed by atoms with Gasteiger partial charge in [0, 0.05) is 11.6 Å². The lowest BCUT2D eigenvalue weighted by Crippen LogP contribution is -2.30. The Bertz CT molecular complexity index is 454. The van der Waals surface area contributed by atoms with Crippen LogP contribution in [0, 0.1) is 0 Å². The summed E-state index contributed by atoms with van der Waals surface area (Å²) < 4.78 is 11.8. The van der Waals surface area contributed by atoms with Crippen molar-refractivity contribution in [1.29, 1.82) is 0 Å². The Morgan fingerprint density at radius 2 is 2.11 bits per heavy atom. The maximum absolute atomic E-state index is 11.8. The van der Waals surface area contributed by atoms with Crippen LogP contribution in [0.1, 0.15) is 16.8 Å². The molecule has 0 aliphatic carbocycles. The Hall–Kier alpha value is -1.82. The van der Waals surface area contributed by atoms with E-state index in [1.54, 1.807) is 0 Å². The number of hydrogen-bond acceptors (Lipinski definition) is 2. The molecule has 0 spiro atoms. The van der Waals surface area contributed by atoms with Gasteiger partial charge in [-0.3, -0.25) is 4.39 Å². The Kier molecular flexibility index (Phi) is 5.38. The normalized spacial score (nSPS) is 9.89. The van der Waals surface area contributed by atoms with Crippen LogP contribution in [0.25, 0.3) is 0 Å². The highest BCUT2D eigenvalue weighted by atomic mass is 35.5.